The third kappa shape index (κ3) is 12.8. The zero-order chi connectivity index (χ0) is 21.2. The first-order chi connectivity index (χ1) is 14.2. The highest BCUT2D eigenvalue weighted by Gasteiger charge is 2.08. The second-order valence-corrected chi connectivity index (χ2v) is 8.63. The number of hydrogen-bond donors (Lipinski definition) is 0. The molecule has 0 spiro atoms. The number of carbonyl (C=O) groups excluding carboxylic acids is 1. The Bertz CT molecular complexity index is 535. The van der Waals surface area contributed by atoms with Crippen LogP contribution >= 0.6 is 0 Å². The molecule has 0 radical (unpaired) electrons. The molecule has 29 heavy (non-hydrogen) atoms. The fourth-order valence-corrected chi connectivity index (χ4v) is 4.11. The molecular formula is C27H46O2. The van der Waals surface area contributed by atoms with Crippen molar-refractivity contribution < 1.29 is 9.53 Å². The summed E-state index contributed by atoms with van der Waals surface area (Å²) in [5, 5.41) is 0. The SMILES string of the molecule is CCCCCCCCCCCCCCCCCCc1cc(OC)ccc1C(C)=O. The second kappa shape index (κ2) is 17.5. The van der Waals surface area contributed by atoms with Crippen molar-refractivity contribution in [3.63, 3.8) is 0 Å². The number of unbranched alkanes of at least 4 members (excludes halogenated alkanes) is 15. The van der Waals surface area contributed by atoms with E-state index < -0.39 is 0 Å². The molecule has 0 atom stereocenters. The van der Waals surface area contributed by atoms with Crippen LogP contribution in [0, 0.1) is 0 Å². The fourth-order valence-electron chi connectivity index (χ4n) is 4.11. The van der Waals surface area contributed by atoms with Crippen molar-refractivity contribution in [1.82, 2.24) is 0 Å². The van der Waals surface area contributed by atoms with Gasteiger partial charge in [0, 0.05) is 5.56 Å². The Balaban J connectivity index is 1.96. The molecule has 0 N–H and O–H groups in total. The molecular weight excluding hydrogens is 356 g/mol. The zero-order valence-corrected chi connectivity index (χ0v) is 19.6. The Morgan fingerprint density at radius 2 is 1.17 bits per heavy atom. The van der Waals surface area contributed by atoms with Crippen LogP contribution in [0.15, 0.2) is 18.2 Å². The molecule has 1 aromatic rings. The molecule has 2 nitrogen and oxygen atoms in total. The maximum Gasteiger partial charge on any atom is 0.160 e. The van der Waals surface area contributed by atoms with Crippen molar-refractivity contribution in [2.75, 3.05) is 7.11 Å². The van der Waals surface area contributed by atoms with Gasteiger partial charge in [0.2, 0.25) is 0 Å². The van der Waals surface area contributed by atoms with Crippen LogP contribution in [0.5, 0.6) is 5.75 Å². The van der Waals surface area contributed by atoms with E-state index in [1.165, 1.54) is 96.3 Å². The van der Waals surface area contributed by atoms with Crippen molar-refractivity contribution in [2.24, 2.45) is 0 Å². The molecule has 0 fully saturated rings. The number of Topliss-reactive ketones (excluding diaryl/α,β-unsaturated/α-hetero) is 1. The Hall–Kier alpha value is -1.31. The van der Waals surface area contributed by atoms with Gasteiger partial charge in [-0.25, -0.2) is 0 Å². The van der Waals surface area contributed by atoms with Gasteiger partial charge >= 0.3 is 0 Å². The van der Waals surface area contributed by atoms with Crippen molar-refractivity contribution in [2.45, 2.75) is 123 Å². The third-order valence-electron chi connectivity index (χ3n) is 5.99. The van der Waals surface area contributed by atoms with Gasteiger partial charge in [-0.15, -0.1) is 0 Å². The number of ether oxygens (including phenoxy) is 1. The summed E-state index contributed by atoms with van der Waals surface area (Å²) in [5.41, 5.74) is 1.99. The van der Waals surface area contributed by atoms with Crippen molar-refractivity contribution >= 4 is 5.78 Å². The summed E-state index contributed by atoms with van der Waals surface area (Å²) in [6.07, 6.45) is 23.1. The maximum absolute atomic E-state index is 11.8. The first kappa shape index (κ1) is 25.7. The summed E-state index contributed by atoms with van der Waals surface area (Å²) in [6, 6.07) is 5.82. The van der Waals surface area contributed by atoms with Gasteiger partial charge in [-0.05, 0) is 43.5 Å². The van der Waals surface area contributed by atoms with Crippen LogP contribution in [0.3, 0.4) is 0 Å². The smallest absolute Gasteiger partial charge is 0.160 e. The van der Waals surface area contributed by atoms with Gasteiger partial charge in [0.05, 0.1) is 7.11 Å². The monoisotopic (exact) mass is 402 g/mol. The molecule has 0 saturated carbocycles. The Morgan fingerprint density at radius 3 is 1.59 bits per heavy atom. The lowest BCUT2D eigenvalue weighted by Crippen LogP contribution is -2.00. The number of hydrogen-bond acceptors (Lipinski definition) is 2. The largest absolute Gasteiger partial charge is 0.497 e. The van der Waals surface area contributed by atoms with E-state index in [1.807, 2.05) is 18.2 Å². The lowest BCUT2D eigenvalue weighted by Gasteiger charge is -2.09. The predicted molar refractivity (Wildman–Crippen MR) is 126 cm³/mol. The molecule has 0 heterocycles. The number of methoxy groups -OCH3 is 1. The summed E-state index contributed by atoms with van der Waals surface area (Å²) in [5.74, 6) is 1.00. The molecule has 0 saturated heterocycles. The van der Waals surface area contributed by atoms with E-state index in [0.29, 0.717) is 0 Å². The van der Waals surface area contributed by atoms with Gasteiger partial charge in [-0.3, -0.25) is 4.79 Å². The van der Waals surface area contributed by atoms with Crippen LogP contribution in [0.25, 0.3) is 0 Å². The fraction of sp³-hybridized carbons (Fsp3) is 0.741. The average Bonchev–Trinajstić information content (AvgIpc) is 2.73. The normalized spacial score (nSPS) is 11.0. The van der Waals surface area contributed by atoms with Crippen LogP contribution in [-0.4, -0.2) is 12.9 Å². The van der Waals surface area contributed by atoms with Gasteiger partial charge in [0.1, 0.15) is 5.75 Å². The van der Waals surface area contributed by atoms with E-state index in [9.17, 15) is 4.79 Å². The highest BCUT2D eigenvalue weighted by molar-refractivity contribution is 5.95. The van der Waals surface area contributed by atoms with Gasteiger partial charge in [-0.2, -0.15) is 0 Å². The molecule has 0 amide bonds. The maximum atomic E-state index is 11.8. The highest BCUT2D eigenvalue weighted by Crippen LogP contribution is 2.21. The Kier molecular flexibility index (Phi) is 15.6. The summed E-state index contributed by atoms with van der Waals surface area (Å²) in [4.78, 5) is 11.8. The van der Waals surface area contributed by atoms with Crippen molar-refractivity contribution in [3.8, 4) is 5.75 Å². The van der Waals surface area contributed by atoms with Gasteiger partial charge in [0.15, 0.2) is 5.78 Å². The topological polar surface area (TPSA) is 26.3 Å². The van der Waals surface area contributed by atoms with Crippen LogP contribution in [0.1, 0.15) is 133 Å². The van der Waals surface area contributed by atoms with Crippen LogP contribution in [0.4, 0.5) is 0 Å². The minimum absolute atomic E-state index is 0.152. The number of benzene rings is 1. The average molecular weight is 403 g/mol. The summed E-state index contributed by atoms with van der Waals surface area (Å²) >= 11 is 0. The quantitative estimate of drug-likeness (QED) is 0.171. The summed E-state index contributed by atoms with van der Waals surface area (Å²) in [6.45, 7) is 3.94. The first-order valence-corrected chi connectivity index (χ1v) is 12.4. The van der Waals surface area contributed by atoms with Crippen LogP contribution < -0.4 is 4.74 Å². The van der Waals surface area contributed by atoms with E-state index >= 15 is 0 Å². The molecule has 0 bridgehead atoms. The number of ketones is 1. The molecule has 0 aliphatic carbocycles. The molecule has 1 rings (SSSR count). The minimum Gasteiger partial charge on any atom is -0.497 e. The van der Waals surface area contributed by atoms with E-state index in [4.69, 9.17) is 4.74 Å². The molecule has 0 aliphatic rings. The number of aryl methyl sites for hydroxylation is 1. The van der Waals surface area contributed by atoms with E-state index in [0.717, 1.165) is 29.7 Å². The lowest BCUT2D eigenvalue weighted by molar-refractivity contribution is 0.101. The summed E-state index contributed by atoms with van der Waals surface area (Å²) < 4.78 is 5.31. The minimum atomic E-state index is 0.152. The third-order valence-corrected chi connectivity index (χ3v) is 5.99. The van der Waals surface area contributed by atoms with Crippen molar-refractivity contribution in [1.29, 1.82) is 0 Å². The zero-order valence-electron chi connectivity index (χ0n) is 19.6. The van der Waals surface area contributed by atoms with Gasteiger partial charge < -0.3 is 4.74 Å². The van der Waals surface area contributed by atoms with E-state index in [1.54, 1.807) is 14.0 Å². The number of rotatable bonds is 19. The number of carbonyl (C=O) groups is 1. The molecule has 0 unspecified atom stereocenters. The van der Waals surface area contributed by atoms with E-state index in [-0.39, 0.29) is 5.78 Å². The lowest BCUT2D eigenvalue weighted by atomic mass is 9.98. The standard InChI is InChI=1S/C27H46O2/c1-4-5-6-7-8-9-10-11-12-13-14-15-16-17-18-19-20-25-23-26(29-3)21-22-27(25)24(2)28/h21-23H,4-20H2,1-3H3. The molecule has 166 valence electrons. The van der Waals surface area contributed by atoms with Gasteiger partial charge in [0.25, 0.3) is 0 Å². The molecule has 2 heteroatoms. The van der Waals surface area contributed by atoms with Crippen molar-refractivity contribution in [3.05, 3.63) is 29.3 Å². The van der Waals surface area contributed by atoms with Crippen LogP contribution in [-0.2, 0) is 6.42 Å². The molecule has 1 aromatic carbocycles. The first-order valence-electron chi connectivity index (χ1n) is 12.4. The Labute approximate surface area is 180 Å². The van der Waals surface area contributed by atoms with Crippen LogP contribution in [0.2, 0.25) is 0 Å². The summed E-state index contributed by atoms with van der Waals surface area (Å²) in [7, 11) is 1.68. The van der Waals surface area contributed by atoms with E-state index in [2.05, 4.69) is 6.92 Å². The predicted octanol–water partition coefficient (Wildman–Crippen LogP) is 8.70. The molecule has 0 aliphatic heterocycles. The second-order valence-electron chi connectivity index (χ2n) is 8.63. The molecule has 0 aromatic heterocycles. The Morgan fingerprint density at radius 1 is 0.724 bits per heavy atom. The highest BCUT2D eigenvalue weighted by atomic mass is 16.5. The van der Waals surface area contributed by atoms with Gasteiger partial charge in [-0.1, -0.05) is 103 Å².